The normalized spacial score (nSPS) is 11.5. The molecule has 0 spiro atoms. The maximum Gasteiger partial charge on any atom is 0.341 e. The number of rotatable bonds is 9. The molecule has 2 rings (SSSR count). The minimum Gasteiger partial charge on any atom is -0.452 e. The van der Waals surface area contributed by atoms with E-state index in [2.05, 4.69) is 10.6 Å². The molecular formula is C19H19F2N3O6. The maximum atomic E-state index is 13.8. The lowest BCUT2D eigenvalue weighted by Crippen LogP contribution is -2.31. The Kier molecular flexibility index (Phi) is 7.76. The molecule has 11 heteroatoms. The van der Waals surface area contributed by atoms with E-state index in [0.717, 1.165) is 12.1 Å². The zero-order chi connectivity index (χ0) is 22.3. The number of benzene rings is 2. The molecule has 0 aliphatic rings. The fraction of sp³-hybridized carbons (Fsp3) is 0.263. The van der Waals surface area contributed by atoms with Gasteiger partial charge < -0.3 is 20.5 Å². The average Bonchev–Trinajstić information content (AvgIpc) is 2.70. The smallest absolute Gasteiger partial charge is 0.341 e. The third-order valence-corrected chi connectivity index (χ3v) is 4.00. The zero-order valence-electron chi connectivity index (χ0n) is 15.9. The molecule has 1 atom stereocenters. The van der Waals surface area contributed by atoms with Gasteiger partial charge in [0, 0.05) is 36.0 Å². The molecule has 0 heterocycles. The summed E-state index contributed by atoms with van der Waals surface area (Å²) >= 11 is 0. The predicted octanol–water partition coefficient (Wildman–Crippen LogP) is 2.31. The van der Waals surface area contributed by atoms with E-state index in [1.807, 2.05) is 0 Å². The number of aliphatic hydroxyl groups is 1. The maximum absolute atomic E-state index is 13.8. The molecule has 1 amide bonds. The Morgan fingerprint density at radius 3 is 2.60 bits per heavy atom. The standard InChI is InChI=1S/C19H19F2N3O6/c1-11(14-4-2-12(20)8-16(14)21)23-18(26)10-30-19(27)15-9-13(24(28)29)3-5-17(15)22-6-7-25/h2-5,8-9,11,22,25H,6-7,10H2,1H3,(H,23,26). The van der Waals surface area contributed by atoms with Crippen LogP contribution in [0.5, 0.6) is 0 Å². The number of aliphatic hydroxyl groups excluding tert-OH is 1. The van der Waals surface area contributed by atoms with Gasteiger partial charge in [-0.3, -0.25) is 14.9 Å². The predicted molar refractivity (Wildman–Crippen MR) is 102 cm³/mol. The molecule has 0 aliphatic heterocycles. The molecular weight excluding hydrogens is 404 g/mol. The molecule has 1 unspecified atom stereocenters. The Bertz CT molecular complexity index is 954. The van der Waals surface area contributed by atoms with Gasteiger partial charge in [-0.1, -0.05) is 6.07 Å². The van der Waals surface area contributed by atoms with Gasteiger partial charge in [-0.25, -0.2) is 13.6 Å². The number of esters is 1. The number of non-ortho nitro benzene ring substituents is 1. The Labute approximate surface area is 169 Å². The lowest BCUT2D eigenvalue weighted by molar-refractivity contribution is -0.384. The molecule has 160 valence electrons. The third kappa shape index (κ3) is 5.95. The summed E-state index contributed by atoms with van der Waals surface area (Å²) in [6.45, 7) is 0.576. The molecule has 0 saturated carbocycles. The van der Waals surface area contributed by atoms with Crippen molar-refractivity contribution in [2.45, 2.75) is 13.0 Å². The highest BCUT2D eigenvalue weighted by atomic mass is 19.1. The molecule has 2 aromatic carbocycles. The van der Waals surface area contributed by atoms with Gasteiger partial charge in [-0.2, -0.15) is 0 Å². The second kappa shape index (κ2) is 10.3. The number of ether oxygens (including phenoxy) is 1. The van der Waals surface area contributed by atoms with Gasteiger partial charge in [-0.05, 0) is 19.1 Å². The van der Waals surface area contributed by atoms with E-state index in [4.69, 9.17) is 9.84 Å². The zero-order valence-corrected chi connectivity index (χ0v) is 15.9. The van der Waals surface area contributed by atoms with Crippen molar-refractivity contribution in [3.8, 4) is 0 Å². The quantitative estimate of drug-likeness (QED) is 0.320. The highest BCUT2D eigenvalue weighted by Crippen LogP contribution is 2.23. The number of hydrogen-bond donors (Lipinski definition) is 3. The second-order valence-corrected chi connectivity index (χ2v) is 6.17. The van der Waals surface area contributed by atoms with Crippen LogP contribution in [0, 0.1) is 21.7 Å². The number of nitro benzene ring substituents is 1. The van der Waals surface area contributed by atoms with Crippen molar-refractivity contribution < 1.29 is 33.1 Å². The summed E-state index contributed by atoms with van der Waals surface area (Å²) in [5, 5.41) is 25.0. The number of nitrogens with one attached hydrogen (secondary N) is 2. The highest BCUT2D eigenvalue weighted by molar-refractivity contribution is 5.97. The van der Waals surface area contributed by atoms with Crippen LogP contribution in [-0.4, -0.2) is 41.7 Å². The van der Waals surface area contributed by atoms with Crippen LogP contribution in [0.4, 0.5) is 20.2 Å². The summed E-state index contributed by atoms with van der Waals surface area (Å²) in [7, 11) is 0. The molecule has 2 aromatic rings. The lowest BCUT2D eigenvalue weighted by Gasteiger charge is -2.15. The van der Waals surface area contributed by atoms with Crippen LogP contribution < -0.4 is 10.6 Å². The molecule has 0 aromatic heterocycles. The van der Waals surface area contributed by atoms with Gasteiger partial charge in [0.25, 0.3) is 11.6 Å². The van der Waals surface area contributed by atoms with E-state index in [1.165, 1.54) is 25.1 Å². The average molecular weight is 423 g/mol. The van der Waals surface area contributed by atoms with Gasteiger partial charge in [0.1, 0.15) is 11.6 Å². The first-order valence-corrected chi connectivity index (χ1v) is 8.77. The number of carbonyl (C=O) groups is 2. The summed E-state index contributed by atoms with van der Waals surface area (Å²) in [6.07, 6.45) is 0. The SMILES string of the molecule is CC(NC(=O)COC(=O)c1cc([N+](=O)[O-])ccc1NCCO)c1ccc(F)cc1F. The topological polar surface area (TPSA) is 131 Å². The number of amides is 1. The molecule has 0 saturated heterocycles. The van der Waals surface area contributed by atoms with Crippen LogP contribution >= 0.6 is 0 Å². The van der Waals surface area contributed by atoms with Crippen LogP contribution in [0.15, 0.2) is 36.4 Å². The van der Waals surface area contributed by atoms with Gasteiger partial charge in [0.15, 0.2) is 6.61 Å². The summed E-state index contributed by atoms with van der Waals surface area (Å²) in [5.41, 5.74) is -0.323. The Morgan fingerprint density at radius 1 is 1.23 bits per heavy atom. The fourth-order valence-corrected chi connectivity index (χ4v) is 2.58. The number of nitrogens with zero attached hydrogens (tertiary/aromatic N) is 1. The van der Waals surface area contributed by atoms with Crippen LogP contribution in [0.25, 0.3) is 0 Å². The summed E-state index contributed by atoms with van der Waals surface area (Å²) < 4.78 is 31.7. The highest BCUT2D eigenvalue weighted by Gasteiger charge is 2.20. The van der Waals surface area contributed by atoms with Crippen molar-refractivity contribution >= 4 is 23.3 Å². The first kappa shape index (κ1) is 22.7. The summed E-state index contributed by atoms with van der Waals surface area (Å²) in [5.74, 6) is -3.35. The van der Waals surface area contributed by atoms with Crippen LogP contribution in [0.3, 0.4) is 0 Å². The van der Waals surface area contributed by atoms with Gasteiger partial charge in [-0.15, -0.1) is 0 Å². The Morgan fingerprint density at radius 2 is 1.97 bits per heavy atom. The van der Waals surface area contributed by atoms with Gasteiger partial charge in [0.05, 0.1) is 23.1 Å². The van der Waals surface area contributed by atoms with E-state index in [1.54, 1.807) is 0 Å². The van der Waals surface area contributed by atoms with Crippen molar-refractivity contribution in [2.24, 2.45) is 0 Å². The molecule has 0 bridgehead atoms. The fourth-order valence-electron chi connectivity index (χ4n) is 2.58. The van der Waals surface area contributed by atoms with Crippen molar-refractivity contribution in [2.75, 3.05) is 25.1 Å². The summed E-state index contributed by atoms with van der Waals surface area (Å²) in [4.78, 5) is 34.6. The third-order valence-electron chi connectivity index (χ3n) is 4.00. The number of hydrogen-bond acceptors (Lipinski definition) is 7. The number of halogens is 2. The Balaban J connectivity index is 2.04. The van der Waals surface area contributed by atoms with Gasteiger partial charge in [0.2, 0.25) is 0 Å². The van der Waals surface area contributed by atoms with Gasteiger partial charge >= 0.3 is 5.97 Å². The first-order chi connectivity index (χ1) is 14.2. The number of carbonyl (C=O) groups excluding carboxylic acids is 2. The lowest BCUT2D eigenvalue weighted by atomic mass is 10.1. The van der Waals surface area contributed by atoms with Crippen molar-refractivity contribution in [1.82, 2.24) is 5.32 Å². The molecule has 9 nitrogen and oxygen atoms in total. The molecule has 0 aliphatic carbocycles. The monoisotopic (exact) mass is 423 g/mol. The van der Waals surface area contributed by atoms with Crippen LogP contribution in [0.1, 0.15) is 28.9 Å². The minimum absolute atomic E-state index is 0.0465. The second-order valence-electron chi connectivity index (χ2n) is 6.17. The van der Waals surface area contributed by atoms with E-state index >= 15 is 0 Å². The van der Waals surface area contributed by atoms with Crippen LogP contribution in [-0.2, 0) is 9.53 Å². The van der Waals surface area contributed by atoms with E-state index < -0.39 is 41.1 Å². The molecule has 30 heavy (non-hydrogen) atoms. The minimum atomic E-state index is -1.00. The van der Waals surface area contributed by atoms with E-state index in [0.29, 0.717) is 6.07 Å². The Hall–Kier alpha value is -3.60. The first-order valence-electron chi connectivity index (χ1n) is 8.77. The van der Waals surface area contributed by atoms with E-state index in [9.17, 15) is 28.5 Å². The van der Waals surface area contributed by atoms with Crippen LogP contribution in [0.2, 0.25) is 0 Å². The largest absolute Gasteiger partial charge is 0.452 e. The number of anilines is 1. The van der Waals surface area contributed by atoms with Crippen molar-refractivity contribution in [3.05, 3.63) is 69.3 Å². The van der Waals surface area contributed by atoms with Crippen molar-refractivity contribution in [3.63, 3.8) is 0 Å². The van der Waals surface area contributed by atoms with Crippen molar-refractivity contribution in [1.29, 1.82) is 0 Å². The summed E-state index contributed by atoms with van der Waals surface area (Å²) in [6, 6.07) is 5.52. The number of nitro groups is 1. The molecule has 0 radical (unpaired) electrons. The van der Waals surface area contributed by atoms with E-state index in [-0.39, 0.29) is 35.7 Å². The molecule has 3 N–H and O–H groups in total. The molecule has 0 fully saturated rings.